The van der Waals surface area contributed by atoms with Gasteiger partial charge in [-0.25, -0.2) is 9.79 Å². The van der Waals surface area contributed by atoms with E-state index in [9.17, 15) is 14.4 Å². The summed E-state index contributed by atoms with van der Waals surface area (Å²) < 4.78 is 40.5. The van der Waals surface area contributed by atoms with Crippen molar-refractivity contribution in [2.45, 2.75) is 19.9 Å². The molecule has 2 aliphatic rings. The van der Waals surface area contributed by atoms with E-state index in [1.807, 2.05) is 0 Å². The summed E-state index contributed by atoms with van der Waals surface area (Å²) in [6.07, 6.45) is 1.71. The summed E-state index contributed by atoms with van der Waals surface area (Å²) in [6.45, 7) is 5.48. The van der Waals surface area contributed by atoms with Crippen LogP contribution in [0.2, 0.25) is 0 Å². The van der Waals surface area contributed by atoms with Crippen LogP contribution in [0.5, 0.6) is 28.7 Å². The number of methoxy groups -OCH3 is 4. The molecule has 1 amide bonds. The van der Waals surface area contributed by atoms with Crippen molar-refractivity contribution >= 4 is 29.3 Å². The van der Waals surface area contributed by atoms with Crippen molar-refractivity contribution in [2.75, 3.05) is 68.0 Å². The molecule has 2 aromatic carbocycles. The number of aromatic nitrogens is 1. The van der Waals surface area contributed by atoms with Crippen molar-refractivity contribution < 1.29 is 42.7 Å². The number of rotatable bonds is 11. The number of carbonyl (C=O) groups excluding carboxylic acids is 2. The smallest absolute Gasteiger partial charge is 0.338 e. The van der Waals surface area contributed by atoms with E-state index in [0.717, 1.165) is 0 Å². The van der Waals surface area contributed by atoms with Crippen LogP contribution < -0.4 is 38.6 Å². The highest BCUT2D eigenvalue weighted by Gasteiger charge is 2.34. The van der Waals surface area contributed by atoms with Crippen LogP contribution in [0.1, 0.15) is 31.0 Å². The summed E-state index contributed by atoms with van der Waals surface area (Å²) >= 11 is 1.18. The van der Waals surface area contributed by atoms with Gasteiger partial charge in [0.2, 0.25) is 5.75 Å². The lowest BCUT2D eigenvalue weighted by Gasteiger charge is -2.26. The average molecular weight is 668 g/mol. The quantitative estimate of drug-likeness (QED) is 0.280. The minimum atomic E-state index is -0.893. The number of hydrogen-bond acceptors (Lipinski definition) is 12. The topological polar surface area (TPSA) is 136 Å². The molecule has 3 aromatic rings. The van der Waals surface area contributed by atoms with Gasteiger partial charge < -0.3 is 38.1 Å². The number of allylic oxidation sites excluding steroid dienone is 1. The Balaban J connectivity index is 1.55. The summed E-state index contributed by atoms with van der Waals surface area (Å²) in [5, 5.41) is 0. The maximum absolute atomic E-state index is 14.1. The number of esters is 1. The summed E-state index contributed by atoms with van der Waals surface area (Å²) in [4.78, 5) is 46.8. The summed E-state index contributed by atoms with van der Waals surface area (Å²) in [7, 11) is 5.98. The lowest BCUT2D eigenvalue weighted by Crippen LogP contribution is -2.43. The van der Waals surface area contributed by atoms with Gasteiger partial charge in [-0.2, -0.15) is 0 Å². The van der Waals surface area contributed by atoms with Crippen LogP contribution in [-0.2, 0) is 19.1 Å². The van der Waals surface area contributed by atoms with Crippen molar-refractivity contribution in [1.29, 1.82) is 0 Å². The molecule has 0 N–H and O–H groups in total. The summed E-state index contributed by atoms with van der Waals surface area (Å²) in [5.74, 6) is 1.16. The van der Waals surface area contributed by atoms with E-state index in [1.54, 1.807) is 55.2 Å². The van der Waals surface area contributed by atoms with Gasteiger partial charge in [0.1, 0.15) is 0 Å². The standard InChI is InChI=1S/C33H37N3O10S/c1-7-45-32(39)28-19(2)34-33-36(29(28)21-16-24(41-4)30(43-6)25(17-21)42-5)31(38)26(47-33)15-20-8-9-22(23(14-20)40-3)46-18-27(37)35-10-12-44-13-11-35/h8-9,14-17,29H,7,10-13,18H2,1-6H3/b26-15+/t29-/m1/s1. The van der Waals surface area contributed by atoms with E-state index in [4.69, 9.17) is 33.2 Å². The van der Waals surface area contributed by atoms with Gasteiger partial charge in [0.25, 0.3) is 11.5 Å². The maximum Gasteiger partial charge on any atom is 0.338 e. The number of fused-ring (bicyclic) bond motifs is 1. The number of ether oxygens (including phenoxy) is 7. The number of nitrogens with zero attached hydrogens (tertiary/aromatic N) is 3. The Kier molecular flexibility index (Phi) is 10.5. The number of hydrogen-bond donors (Lipinski definition) is 0. The predicted octanol–water partition coefficient (Wildman–Crippen LogP) is 2.07. The minimum Gasteiger partial charge on any atom is -0.493 e. The van der Waals surface area contributed by atoms with Crippen molar-refractivity contribution in [1.82, 2.24) is 9.47 Å². The molecule has 13 nitrogen and oxygen atoms in total. The molecule has 0 spiro atoms. The minimum absolute atomic E-state index is 0.139. The highest BCUT2D eigenvalue weighted by molar-refractivity contribution is 7.07. The van der Waals surface area contributed by atoms with E-state index in [0.29, 0.717) is 81.2 Å². The summed E-state index contributed by atoms with van der Waals surface area (Å²) in [6, 6.07) is 7.69. The zero-order valence-electron chi connectivity index (χ0n) is 27.1. The van der Waals surface area contributed by atoms with Crippen LogP contribution in [-0.4, -0.2) is 89.3 Å². The molecule has 0 radical (unpaired) electrons. The highest BCUT2D eigenvalue weighted by Crippen LogP contribution is 2.42. The Hall–Kier alpha value is -4.82. The first kappa shape index (κ1) is 33.5. The molecule has 250 valence electrons. The maximum atomic E-state index is 14.1. The molecule has 5 rings (SSSR count). The van der Waals surface area contributed by atoms with Gasteiger partial charge in [0, 0.05) is 13.1 Å². The van der Waals surface area contributed by atoms with Gasteiger partial charge >= 0.3 is 5.97 Å². The molecule has 2 aliphatic heterocycles. The Morgan fingerprint density at radius 3 is 2.28 bits per heavy atom. The molecular formula is C33H37N3O10S. The first-order valence-electron chi connectivity index (χ1n) is 14.9. The third kappa shape index (κ3) is 6.83. The molecular weight excluding hydrogens is 630 g/mol. The van der Waals surface area contributed by atoms with Crippen molar-refractivity contribution in [3.8, 4) is 28.7 Å². The molecule has 0 saturated carbocycles. The van der Waals surface area contributed by atoms with E-state index in [1.165, 1.54) is 44.3 Å². The van der Waals surface area contributed by atoms with E-state index < -0.39 is 12.0 Å². The fourth-order valence-corrected chi connectivity index (χ4v) is 6.50. The first-order valence-corrected chi connectivity index (χ1v) is 15.7. The highest BCUT2D eigenvalue weighted by atomic mass is 32.1. The molecule has 1 fully saturated rings. The van der Waals surface area contributed by atoms with Crippen molar-refractivity contribution in [2.24, 2.45) is 4.99 Å². The Morgan fingerprint density at radius 1 is 0.979 bits per heavy atom. The van der Waals surface area contributed by atoms with Gasteiger partial charge in [-0.15, -0.1) is 0 Å². The predicted molar refractivity (Wildman–Crippen MR) is 172 cm³/mol. The Bertz CT molecular complexity index is 1850. The Morgan fingerprint density at radius 2 is 1.66 bits per heavy atom. The molecule has 0 aliphatic carbocycles. The second kappa shape index (κ2) is 14.7. The third-order valence-corrected chi connectivity index (χ3v) is 8.70. The largest absolute Gasteiger partial charge is 0.493 e. The first-order chi connectivity index (χ1) is 22.7. The van der Waals surface area contributed by atoms with Gasteiger partial charge in [-0.05, 0) is 55.3 Å². The van der Waals surface area contributed by atoms with Gasteiger partial charge in [-0.1, -0.05) is 17.4 Å². The molecule has 3 heterocycles. The molecule has 47 heavy (non-hydrogen) atoms. The number of amides is 1. The second-order valence-electron chi connectivity index (χ2n) is 10.5. The lowest BCUT2D eigenvalue weighted by molar-refractivity contribution is -0.139. The van der Waals surface area contributed by atoms with Crippen LogP contribution in [0.3, 0.4) is 0 Å². The van der Waals surface area contributed by atoms with Crippen LogP contribution in [0.4, 0.5) is 0 Å². The number of thiazole rings is 1. The van der Waals surface area contributed by atoms with Gasteiger partial charge in [0.05, 0.1) is 70.1 Å². The summed E-state index contributed by atoms with van der Waals surface area (Å²) in [5.41, 5.74) is 1.47. The van der Waals surface area contributed by atoms with Crippen molar-refractivity contribution in [3.63, 3.8) is 0 Å². The van der Waals surface area contributed by atoms with E-state index >= 15 is 0 Å². The molecule has 1 aromatic heterocycles. The average Bonchev–Trinajstić information content (AvgIpc) is 3.39. The normalized spacial score (nSPS) is 16.3. The fraction of sp³-hybridized carbons (Fsp3) is 0.394. The molecule has 0 bridgehead atoms. The van der Waals surface area contributed by atoms with Crippen LogP contribution >= 0.6 is 11.3 Å². The van der Waals surface area contributed by atoms with Crippen molar-refractivity contribution in [3.05, 3.63) is 72.4 Å². The lowest BCUT2D eigenvalue weighted by atomic mass is 9.95. The second-order valence-corrected chi connectivity index (χ2v) is 11.5. The monoisotopic (exact) mass is 667 g/mol. The Labute approximate surface area is 275 Å². The zero-order chi connectivity index (χ0) is 33.7. The van der Waals surface area contributed by atoms with E-state index in [2.05, 4.69) is 4.99 Å². The van der Waals surface area contributed by atoms with Crippen LogP contribution in [0.25, 0.3) is 6.08 Å². The molecule has 1 atom stereocenters. The number of morpholine rings is 1. The molecule has 1 saturated heterocycles. The number of benzene rings is 2. The van der Waals surface area contributed by atoms with Crippen LogP contribution in [0.15, 0.2) is 51.4 Å². The van der Waals surface area contributed by atoms with Gasteiger partial charge in [0.15, 0.2) is 34.4 Å². The zero-order valence-corrected chi connectivity index (χ0v) is 27.9. The molecule has 14 heteroatoms. The van der Waals surface area contributed by atoms with Gasteiger partial charge in [-0.3, -0.25) is 14.2 Å². The third-order valence-electron chi connectivity index (χ3n) is 7.72. The van der Waals surface area contributed by atoms with E-state index in [-0.39, 0.29) is 30.3 Å². The number of carbonyl (C=O) groups is 2. The SMILES string of the molecule is CCOC(=O)C1=C(C)N=c2s/c(=C/c3ccc(OCC(=O)N4CCOCC4)c(OC)c3)c(=O)n2[C@@H]1c1cc(OC)c(OC)c(OC)c1. The fourth-order valence-electron chi connectivity index (χ4n) is 5.45. The van der Waals surface area contributed by atoms with Crippen LogP contribution in [0, 0.1) is 0 Å². The molecule has 0 unspecified atom stereocenters.